The molecule has 2 aliphatic rings. The van der Waals surface area contributed by atoms with Crippen molar-refractivity contribution in [3.8, 4) is 5.75 Å². The summed E-state index contributed by atoms with van der Waals surface area (Å²) in [5.41, 5.74) is 4.26. The molecule has 1 heterocycles. The molecule has 0 radical (unpaired) electrons. The number of rotatable bonds is 6. The Morgan fingerprint density at radius 2 is 2.14 bits per heavy atom. The Bertz CT molecular complexity index is 891. The van der Waals surface area contributed by atoms with Crippen LogP contribution in [0.2, 0.25) is 0 Å². The highest BCUT2D eigenvalue weighted by atomic mass is 16.5. The summed E-state index contributed by atoms with van der Waals surface area (Å²) < 4.78 is 5.67. The van der Waals surface area contributed by atoms with E-state index in [1.54, 1.807) is 12.1 Å². The molecular weight excluding hydrogens is 352 g/mol. The molecule has 1 aromatic carbocycles. The predicted octanol–water partition coefficient (Wildman–Crippen LogP) is 4.81. The monoisotopic (exact) mass is 380 g/mol. The van der Waals surface area contributed by atoms with Crippen LogP contribution in [0.25, 0.3) is 5.57 Å². The Balaban J connectivity index is 2.01. The molecular formula is C23H28N2O3. The minimum atomic E-state index is 0.114. The van der Waals surface area contributed by atoms with E-state index in [9.17, 15) is 9.90 Å². The van der Waals surface area contributed by atoms with Gasteiger partial charge < -0.3 is 9.84 Å². The first-order valence-corrected chi connectivity index (χ1v) is 9.75. The zero-order chi connectivity index (χ0) is 20.3. The summed E-state index contributed by atoms with van der Waals surface area (Å²) in [6.07, 6.45) is 9.54. The summed E-state index contributed by atoms with van der Waals surface area (Å²) in [7, 11) is 3.50. The van der Waals surface area contributed by atoms with Gasteiger partial charge >= 0.3 is 0 Å². The maximum Gasteiger partial charge on any atom is 0.206 e. The average Bonchev–Trinajstić information content (AvgIpc) is 2.95. The lowest BCUT2D eigenvalue weighted by atomic mass is 9.92. The highest BCUT2D eigenvalue weighted by Gasteiger charge is 2.35. The summed E-state index contributed by atoms with van der Waals surface area (Å²) >= 11 is 0. The topological polar surface area (TPSA) is 53.0 Å². The summed E-state index contributed by atoms with van der Waals surface area (Å²) in [5.74, 6) is 3.05. The lowest BCUT2D eigenvalue weighted by molar-refractivity contribution is 0.234. The first kappa shape index (κ1) is 19.8. The van der Waals surface area contributed by atoms with Gasteiger partial charge in [0.2, 0.25) is 5.88 Å². The van der Waals surface area contributed by atoms with Crippen LogP contribution in [-0.4, -0.2) is 36.3 Å². The van der Waals surface area contributed by atoms with E-state index in [1.165, 1.54) is 0 Å². The van der Waals surface area contributed by atoms with Gasteiger partial charge in [0.15, 0.2) is 0 Å². The highest BCUT2D eigenvalue weighted by molar-refractivity contribution is 5.91. The largest absolute Gasteiger partial charge is 0.496 e. The fraction of sp³-hybridized carbons (Fsp3) is 0.391. The zero-order valence-corrected chi connectivity index (χ0v) is 17.0. The van der Waals surface area contributed by atoms with Crippen molar-refractivity contribution in [3.05, 3.63) is 59.0 Å². The third kappa shape index (κ3) is 3.46. The van der Waals surface area contributed by atoms with E-state index in [0.29, 0.717) is 23.6 Å². The van der Waals surface area contributed by atoms with Crippen molar-refractivity contribution in [2.24, 2.45) is 0 Å². The number of benzene rings is 1. The summed E-state index contributed by atoms with van der Waals surface area (Å²) in [5, 5.41) is 14.4. The quantitative estimate of drug-likeness (QED) is 0.718. The summed E-state index contributed by atoms with van der Waals surface area (Å²) in [6.45, 7) is 4.16. The molecule has 0 amide bonds. The minimum Gasteiger partial charge on any atom is -0.496 e. The number of aliphatic hydroxyl groups is 1. The van der Waals surface area contributed by atoms with Crippen LogP contribution < -0.4 is 9.75 Å². The lowest BCUT2D eigenvalue weighted by Crippen LogP contribution is -2.40. The lowest BCUT2D eigenvalue weighted by Gasteiger charge is -2.34. The van der Waals surface area contributed by atoms with Gasteiger partial charge in [-0.3, -0.25) is 10.0 Å². The summed E-state index contributed by atoms with van der Waals surface area (Å²) in [4.78, 5) is 11.4. The average molecular weight is 380 g/mol. The molecule has 1 N–H and O–H groups in total. The molecule has 1 aromatic rings. The number of hydrazine groups is 1. The molecule has 5 heteroatoms. The van der Waals surface area contributed by atoms with Gasteiger partial charge in [-0.05, 0) is 31.1 Å². The maximum absolute atomic E-state index is 11.4. The van der Waals surface area contributed by atoms with Crippen LogP contribution >= 0.6 is 0 Å². The number of hydrogen-bond acceptors (Lipinski definition) is 5. The number of anilines is 1. The number of allylic oxidation sites excluding steroid dienone is 5. The molecule has 0 saturated carbocycles. The van der Waals surface area contributed by atoms with Crippen LogP contribution in [0.4, 0.5) is 5.69 Å². The molecule has 28 heavy (non-hydrogen) atoms. The molecule has 1 atom stereocenters. The number of nitrogens with zero attached hydrogens (tertiary/aromatic N) is 2. The van der Waals surface area contributed by atoms with E-state index in [-0.39, 0.29) is 6.04 Å². The second kappa shape index (κ2) is 8.41. The van der Waals surface area contributed by atoms with E-state index in [0.717, 1.165) is 41.7 Å². The zero-order valence-electron chi connectivity index (χ0n) is 17.0. The second-order valence-corrected chi connectivity index (χ2v) is 7.21. The third-order valence-corrected chi connectivity index (χ3v) is 5.52. The molecule has 1 unspecified atom stereocenters. The van der Waals surface area contributed by atoms with Crippen molar-refractivity contribution in [3.63, 3.8) is 0 Å². The minimum absolute atomic E-state index is 0.114. The summed E-state index contributed by atoms with van der Waals surface area (Å²) in [6, 6.07) is 6.08. The maximum atomic E-state index is 11.4. The molecule has 1 aliphatic carbocycles. The molecule has 148 valence electrons. The van der Waals surface area contributed by atoms with E-state index >= 15 is 0 Å². The molecule has 0 saturated heterocycles. The molecule has 3 rings (SSSR count). The standard InChI is InChI=1S/C23H28N2O3/c1-5-6-11-21-16(2)23(27)24(3)25(21)18-12-13-20(22(14-18)28-4)19-10-8-7-9-17(19)15-26/h7-8,10,12-14,21,27H,5-6,9,11H2,1-4H3. The number of aliphatic hydroxyl groups excluding tert-OH is 1. The van der Waals surface area contributed by atoms with Crippen LogP contribution in [0.5, 0.6) is 5.75 Å². The van der Waals surface area contributed by atoms with Crippen molar-refractivity contribution < 1.29 is 14.6 Å². The highest BCUT2D eigenvalue weighted by Crippen LogP contribution is 2.39. The van der Waals surface area contributed by atoms with Crippen molar-refractivity contribution in [1.82, 2.24) is 5.01 Å². The van der Waals surface area contributed by atoms with Crippen molar-refractivity contribution >= 4 is 17.2 Å². The van der Waals surface area contributed by atoms with Crippen molar-refractivity contribution in [2.75, 3.05) is 19.2 Å². The van der Waals surface area contributed by atoms with Gasteiger partial charge in [-0.1, -0.05) is 38.0 Å². The molecule has 0 aromatic heterocycles. The smallest absolute Gasteiger partial charge is 0.206 e. The molecule has 0 bridgehead atoms. The number of methoxy groups -OCH3 is 1. The van der Waals surface area contributed by atoms with Crippen LogP contribution in [0.15, 0.2) is 53.5 Å². The Hall–Kier alpha value is -2.91. The van der Waals surface area contributed by atoms with E-state index in [2.05, 4.69) is 17.9 Å². The van der Waals surface area contributed by atoms with Gasteiger partial charge in [-0.25, -0.2) is 4.79 Å². The van der Waals surface area contributed by atoms with Crippen molar-refractivity contribution in [1.29, 1.82) is 0 Å². The van der Waals surface area contributed by atoms with Crippen molar-refractivity contribution in [2.45, 2.75) is 45.6 Å². The van der Waals surface area contributed by atoms with Gasteiger partial charge in [0.25, 0.3) is 0 Å². The van der Waals surface area contributed by atoms with Gasteiger partial charge in [-0.2, -0.15) is 0 Å². The first-order chi connectivity index (χ1) is 13.5. The number of unbranched alkanes of at least 4 members (excludes halogenated alkanes) is 1. The predicted molar refractivity (Wildman–Crippen MR) is 113 cm³/mol. The molecule has 0 fully saturated rings. The van der Waals surface area contributed by atoms with Gasteiger partial charge in [0, 0.05) is 36.2 Å². The normalized spacial score (nSPS) is 19.2. The second-order valence-electron chi connectivity index (χ2n) is 7.21. The van der Waals surface area contributed by atoms with Crippen LogP contribution in [0.3, 0.4) is 0 Å². The fourth-order valence-corrected chi connectivity index (χ4v) is 3.94. The van der Waals surface area contributed by atoms with Gasteiger partial charge in [-0.15, -0.1) is 0 Å². The number of carbonyl (C=O) groups excluding carboxylic acids is 1. The van der Waals surface area contributed by atoms with Gasteiger partial charge in [0.05, 0.1) is 18.8 Å². The first-order valence-electron chi connectivity index (χ1n) is 9.75. The van der Waals surface area contributed by atoms with E-state index in [4.69, 9.17) is 4.74 Å². The Kier molecular flexibility index (Phi) is 5.96. The van der Waals surface area contributed by atoms with E-state index in [1.807, 2.05) is 50.4 Å². The Morgan fingerprint density at radius 3 is 2.82 bits per heavy atom. The number of ether oxygens (including phenoxy) is 1. The fourth-order valence-electron chi connectivity index (χ4n) is 3.94. The van der Waals surface area contributed by atoms with E-state index < -0.39 is 0 Å². The van der Waals surface area contributed by atoms with Crippen LogP contribution in [0.1, 0.15) is 45.1 Å². The van der Waals surface area contributed by atoms with Crippen LogP contribution in [-0.2, 0) is 4.79 Å². The SMILES string of the molecule is CCCCC1C(C)=C(O)N(C)N1c1ccc(C2=CC=CCC2=C=O)c(OC)c1. The molecule has 5 nitrogen and oxygen atoms in total. The Morgan fingerprint density at radius 1 is 1.36 bits per heavy atom. The Labute approximate surface area is 166 Å². The molecule has 0 spiro atoms. The molecule has 1 aliphatic heterocycles. The van der Waals surface area contributed by atoms with Gasteiger partial charge in [0.1, 0.15) is 11.7 Å². The number of hydrogen-bond donors (Lipinski definition) is 1. The third-order valence-electron chi connectivity index (χ3n) is 5.52. The van der Waals surface area contributed by atoms with Crippen LogP contribution in [0, 0.1) is 0 Å².